The van der Waals surface area contributed by atoms with E-state index in [1.165, 1.54) is 10.4 Å². The lowest BCUT2D eigenvalue weighted by Gasteiger charge is -2.51. The molecular weight excluding hydrogens is 585 g/mol. The number of amides is 1. The Kier molecular flexibility index (Phi) is 7.55. The van der Waals surface area contributed by atoms with E-state index in [4.69, 9.17) is 39.2 Å². The summed E-state index contributed by atoms with van der Waals surface area (Å²) >= 11 is 17.7. The van der Waals surface area contributed by atoms with Gasteiger partial charge in [-0.05, 0) is 28.4 Å². The van der Waals surface area contributed by atoms with Crippen molar-refractivity contribution < 1.29 is 9.22 Å². The van der Waals surface area contributed by atoms with Gasteiger partial charge in [-0.25, -0.2) is 0 Å². The zero-order valence-electron chi connectivity index (χ0n) is 22.9. The third-order valence-electron chi connectivity index (χ3n) is 7.88. The summed E-state index contributed by atoms with van der Waals surface area (Å²) in [4.78, 5) is 19.0. The minimum Gasteiger partial charge on any atom is -0.405 e. The number of nitrogens with zero attached hydrogens (tertiary/aromatic N) is 2. The number of alkyl halides is 3. The van der Waals surface area contributed by atoms with Gasteiger partial charge in [-0.1, -0.05) is 129 Å². The van der Waals surface area contributed by atoms with E-state index in [0.29, 0.717) is 18.4 Å². The second-order valence-electron chi connectivity index (χ2n) is 11.5. The molecule has 0 radical (unpaired) electrons. The van der Waals surface area contributed by atoms with Gasteiger partial charge in [0.15, 0.2) is 5.66 Å². The summed E-state index contributed by atoms with van der Waals surface area (Å²) in [6, 6.07) is 20.3. The first kappa shape index (κ1) is 29.0. The topological polar surface area (TPSA) is 78.0 Å². The number of carbonyl (C=O) groups excluding carboxylic acids is 1. The second kappa shape index (κ2) is 10.4. The third-order valence-corrected chi connectivity index (χ3v) is 13.4. The van der Waals surface area contributed by atoms with E-state index in [9.17, 15) is 4.79 Å². The predicted molar refractivity (Wildman–Crippen MR) is 166 cm³/mol. The van der Waals surface area contributed by atoms with Gasteiger partial charge in [0, 0.05) is 0 Å². The fraction of sp³-hybridized carbons (Fsp3) is 0.379. The van der Waals surface area contributed by atoms with Crippen LogP contribution in [0.3, 0.4) is 0 Å². The molecule has 1 unspecified atom stereocenters. The summed E-state index contributed by atoms with van der Waals surface area (Å²) in [5, 5.41) is 12.6. The molecule has 1 amide bonds. The minimum atomic E-state index is -2.84. The van der Waals surface area contributed by atoms with Crippen molar-refractivity contribution in [2.24, 2.45) is 4.99 Å². The van der Waals surface area contributed by atoms with Gasteiger partial charge in [0.05, 0.1) is 30.6 Å². The molecule has 2 fully saturated rings. The highest BCUT2D eigenvalue weighted by Gasteiger charge is 2.60. The van der Waals surface area contributed by atoms with E-state index in [-0.39, 0.29) is 23.2 Å². The summed E-state index contributed by atoms with van der Waals surface area (Å²) in [6.45, 7) is 13.2. The van der Waals surface area contributed by atoms with Gasteiger partial charge in [0.25, 0.3) is 12.1 Å². The molecule has 3 heterocycles. The minimum absolute atomic E-state index is 0.0873. The van der Waals surface area contributed by atoms with Gasteiger partial charge in [0.1, 0.15) is 0 Å². The molecular formula is C29H34Cl3N5O2Si. The first-order chi connectivity index (χ1) is 18.8. The van der Waals surface area contributed by atoms with E-state index in [1.54, 1.807) is 0 Å². The predicted octanol–water partition coefficient (Wildman–Crippen LogP) is 3.78. The maximum absolute atomic E-state index is 12.8. The molecule has 0 aromatic heterocycles. The molecule has 40 heavy (non-hydrogen) atoms. The Morgan fingerprint density at radius 1 is 1.05 bits per heavy atom. The number of hydrogen-bond donors (Lipinski definition) is 3. The van der Waals surface area contributed by atoms with E-state index in [2.05, 4.69) is 109 Å². The van der Waals surface area contributed by atoms with Gasteiger partial charge in [-0.15, -0.1) is 0 Å². The highest BCUT2D eigenvalue weighted by Crippen LogP contribution is 2.40. The number of carbonyl (C=O) groups is 1. The molecule has 3 aliphatic heterocycles. The maximum atomic E-state index is 12.8. The first-order valence-corrected chi connectivity index (χ1v) is 16.3. The smallest absolute Gasteiger partial charge is 0.300 e. The fourth-order valence-corrected chi connectivity index (χ4v) is 11.0. The van der Waals surface area contributed by atoms with Crippen LogP contribution in [0.1, 0.15) is 27.7 Å². The molecule has 11 heteroatoms. The number of nitrogens with one attached hydrogen (secondary N) is 3. The van der Waals surface area contributed by atoms with E-state index >= 15 is 0 Å². The summed E-state index contributed by atoms with van der Waals surface area (Å²) < 4.78 is 5.08. The molecule has 1 spiro atoms. The van der Waals surface area contributed by atoms with Crippen LogP contribution in [0.4, 0.5) is 0 Å². The highest BCUT2D eigenvalue weighted by molar-refractivity contribution is 6.99. The quantitative estimate of drug-likeness (QED) is 0.269. The Labute approximate surface area is 251 Å². The molecule has 212 valence electrons. The first-order valence-electron chi connectivity index (χ1n) is 13.2. The van der Waals surface area contributed by atoms with Crippen molar-refractivity contribution in [2.45, 2.75) is 60.3 Å². The van der Waals surface area contributed by atoms with Gasteiger partial charge in [-0.3, -0.25) is 4.79 Å². The summed E-state index contributed by atoms with van der Waals surface area (Å²) in [5.74, 6) is 0.106. The van der Waals surface area contributed by atoms with Gasteiger partial charge < -0.3 is 25.3 Å². The number of benzene rings is 2. The van der Waals surface area contributed by atoms with Crippen molar-refractivity contribution in [2.75, 3.05) is 6.61 Å². The maximum Gasteiger partial charge on any atom is 0.300 e. The second-order valence-corrected chi connectivity index (χ2v) is 18.1. The molecule has 2 aromatic rings. The molecule has 0 bridgehead atoms. The lowest BCUT2D eigenvalue weighted by Crippen LogP contribution is -2.76. The van der Waals surface area contributed by atoms with Crippen LogP contribution in [0.5, 0.6) is 0 Å². The van der Waals surface area contributed by atoms with Gasteiger partial charge in [-0.2, -0.15) is 4.99 Å². The Bertz CT molecular complexity index is 1300. The lowest BCUT2D eigenvalue weighted by atomic mass is 9.92. The van der Waals surface area contributed by atoms with Crippen molar-refractivity contribution in [1.82, 2.24) is 20.9 Å². The molecule has 7 nitrogen and oxygen atoms in total. The summed E-state index contributed by atoms with van der Waals surface area (Å²) in [7, 11) is -2.84. The molecule has 2 aromatic carbocycles. The van der Waals surface area contributed by atoms with Gasteiger partial charge >= 0.3 is 5.91 Å². The lowest BCUT2D eigenvalue weighted by molar-refractivity contribution is -0.117. The fourth-order valence-electron chi connectivity index (χ4n) is 6.25. The molecule has 3 aliphatic rings. The number of aliphatic imine (C=N–C) groups is 1. The Morgan fingerprint density at radius 2 is 1.62 bits per heavy atom. The highest BCUT2D eigenvalue weighted by atomic mass is 35.6. The standard InChI is InChI=1S/C29H34Cl3N5O2Si/c1-19-16-17-28-24(33-20(2)36-28)23(34-26(37(19)28)35-25(38)29(30,31)32)18-39-40(27(3,4)5,21-12-8-6-9-13-21)22-14-10-7-11-15-22/h6-17,19,23-24,33,36H,2,18H2,1,3-5H3,(H,34,35,38)/t19-,23-,24-,28?/m0/s1. The van der Waals surface area contributed by atoms with Crippen LogP contribution in [0.25, 0.3) is 0 Å². The molecule has 2 saturated heterocycles. The van der Waals surface area contributed by atoms with Gasteiger partial charge in [0.2, 0.25) is 5.96 Å². The van der Waals surface area contributed by atoms with E-state index in [1.807, 2.05) is 24.0 Å². The number of hydrogen-bond acceptors (Lipinski definition) is 4. The van der Waals surface area contributed by atoms with E-state index in [0.717, 1.165) is 0 Å². The average molecular weight is 619 g/mol. The zero-order chi connectivity index (χ0) is 28.9. The molecule has 0 aliphatic carbocycles. The van der Waals surface area contributed by atoms with Crippen LogP contribution in [0.15, 0.2) is 90.2 Å². The van der Waals surface area contributed by atoms with Crippen LogP contribution in [0.2, 0.25) is 5.04 Å². The van der Waals surface area contributed by atoms with Crippen LogP contribution < -0.4 is 26.3 Å². The van der Waals surface area contributed by atoms with Crippen LogP contribution >= 0.6 is 34.8 Å². The average Bonchev–Trinajstić information content (AvgIpc) is 3.41. The summed E-state index contributed by atoms with van der Waals surface area (Å²) in [5.41, 5.74) is -0.728. The Morgan fingerprint density at radius 3 is 2.15 bits per heavy atom. The zero-order valence-corrected chi connectivity index (χ0v) is 26.2. The van der Waals surface area contributed by atoms with Crippen molar-refractivity contribution in [1.29, 1.82) is 0 Å². The largest absolute Gasteiger partial charge is 0.405 e. The Balaban J connectivity index is 1.58. The van der Waals surface area contributed by atoms with Crippen molar-refractivity contribution in [3.63, 3.8) is 0 Å². The normalized spacial score (nSPS) is 27.1. The SMILES string of the molecule is C=C1N[C@H]2[C@H](CO[Si](c3ccccc3)(c3ccccc3)C(C)(C)C)N/C(=N/C(=O)C(Cl)(Cl)Cl)N3[C@@H](C)C=CC23N1. The number of halogens is 3. The van der Waals surface area contributed by atoms with Crippen molar-refractivity contribution in [3.8, 4) is 0 Å². The Hall–Kier alpha value is -2.49. The van der Waals surface area contributed by atoms with Crippen molar-refractivity contribution >= 4 is 65.4 Å². The summed E-state index contributed by atoms with van der Waals surface area (Å²) in [6.07, 6.45) is 4.14. The van der Waals surface area contributed by atoms with Crippen molar-refractivity contribution in [3.05, 3.63) is 85.2 Å². The molecule has 4 atom stereocenters. The van der Waals surface area contributed by atoms with Crippen LogP contribution in [0, 0.1) is 0 Å². The monoisotopic (exact) mass is 617 g/mol. The molecule has 5 rings (SSSR count). The van der Waals surface area contributed by atoms with Crippen LogP contribution in [-0.4, -0.2) is 59.3 Å². The molecule has 3 N–H and O–H groups in total. The number of rotatable bonds is 5. The van der Waals surface area contributed by atoms with Crippen LogP contribution in [-0.2, 0) is 9.22 Å². The third kappa shape index (κ3) is 4.84. The van der Waals surface area contributed by atoms with E-state index < -0.39 is 23.7 Å². The number of guanidine groups is 1. The molecule has 0 saturated carbocycles.